The summed E-state index contributed by atoms with van der Waals surface area (Å²) in [6, 6.07) is 11.5. The molecule has 1 aliphatic carbocycles. The number of fused-ring (bicyclic) bond motifs is 2. The van der Waals surface area contributed by atoms with Gasteiger partial charge in [0.25, 0.3) is 0 Å². The molecule has 9 heteroatoms. The highest BCUT2D eigenvalue weighted by Crippen LogP contribution is 2.44. The Bertz CT molecular complexity index is 1480. The number of hydrogen-bond acceptors (Lipinski definition) is 7. The molecule has 0 fully saturated rings. The molecule has 1 aliphatic rings. The molecular formula is C36H50N4O5. The Hall–Kier alpha value is -3.82. The number of aromatic nitrogens is 1. The van der Waals surface area contributed by atoms with Gasteiger partial charge in [-0.05, 0) is 119 Å². The lowest BCUT2D eigenvalue weighted by atomic mass is 9.63. The normalized spacial score (nSPS) is 17.5. The highest BCUT2D eigenvalue weighted by atomic mass is 16.7. The van der Waals surface area contributed by atoms with Crippen LogP contribution in [0.5, 0.6) is 11.5 Å². The van der Waals surface area contributed by atoms with E-state index >= 15 is 0 Å². The summed E-state index contributed by atoms with van der Waals surface area (Å²) in [5, 5.41) is 7.19. The number of hydrogen-bond donors (Lipinski definition) is 3. The minimum Gasteiger partial charge on any atom is -0.434 e. The summed E-state index contributed by atoms with van der Waals surface area (Å²) < 4.78 is 16.5. The first-order valence-corrected chi connectivity index (χ1v) is 16.1. The topological polar surface area (TPSA) is 105 Å². The zero-order valence-electron chi connectivity index (χ0n) is 27.8. The largest absolute Gasteiger partial charge is 0.513 e. The number of ether oxygens (including phenoxy) is 3. The fourth-order valence-electron chi connectivity index (χ4n) is 5.96. The Labute approximate surface area is 267 Å². The number of allylic oxidation sites excluding steroid dienone is 1. The average Bonchev–Trinajstić information content (AvgIpc) is 3.42. The second-order valence-corrected chi connectivity index (χ2v) is 12.8. The van der Waals surface area contributed by atoms with Gasteiger partial charge in [-0.15, -0.1) is 0 Å². The highest BCUT2D eigenvalue weighted by molar-refractivity contribution is 5.91. The molecule has 1 aromatic heterocycles. The molecule has 0 aliphatic heterocycles. The van der Waals surface area contributed by atoms with Gasteiger partial charge >= 0.3 is 12.2 Å². The molecule has 4 rings (SSSR count). The smallest absolute Gasteiger partial charge is 0.434 e. The lowest BCUT2D eigenvalue weighted by Crippen LogP contribution is -2.38. The van der Waals surface area contributed by atoms with Crippen molar-refractivity contribution in [3.8, 4) is 11.5 Å². The number of rotatable bonds is 14. The number of carbonyl (C=O) groups excluding carboxylic acids is 2. The van der Waals surface area contributed by atoms with Crippen molar-refractivity contribution in [3.05, 3.63) is 70.9 Å². The van der Waals surface area contributed by atoms with E-state index in [9.17, 15) is 9.59 Å². The predicted molar refractivity (Wildman–Crippen MR) is 179 cm³/mol. The van der Waals surface area contributed by atoms with Crippen LogP contribution in [-0.2, 0) is 23.0 Å². The maximum absolute atomic E-state index is 12.5. The number of amides is 1. The van der Waals surface area contributed by atoms with Crippen LogP contribution in [0.4, 0.5) is 9.59 Å². The van der Waals surface area contributed by atoms with Crippen LogP contribution in [0.25, 0.3) is 10.9 Å². The van der Waals surface area contributed by atoms with Crippen molar-refractivity contribution >= 4 is 23.2 Å². The minimum absolute atomic E-state index is 0.0183. The number of likely N-dealkylation sites (N-methyl/N-ethyl adjacent to an activating group) is 1. The van der Waals surface area contributed by atoms with Gasteiger partial charge in [-0.3, -0.25) is 0 Å². The zero-order valence-corrected chi connectivity index (χ0v) is 27.8. The van der Waals surface area contributed by atoms with Crippen molar-refractivity contribution in [2.75, 3.05) is 46.9 Å². The van der Waals surface area contributed by atoms with E-state index in [4.69, 9.17) is 14.2 Å². The summed E-state index contributed by atoms with van der Waals surface area (Å²) in [4.78, 5) is 30.4. The molecule has 0 saturated heterocycles. The molecule has 3 N–H and O–H groups in total. The Morgan fingerprint density at radius 2 is 1.96 bits per heavy atom. The maximum Gasteiger partial charge on any atom is 0.513 e. The van der Waals surface area contributed by atoms with Gasteiger partial charge in [-0.1, -0.05) is 37.6 Å². The van der Waals surface area contributed by atoms with Crippen molar-refractivity contribution < 1.29 is 23.8 Å². The molecule has 1 unspecified atom stereocenters. The van der Waals surface area contributed by atoms with E-state index in [1.165, 1.54) is 16.7 Å². The van der Waals surface area contributed by atoms with E-state index in [1.807, 2.05) is 44.6 Å². The van der Waals surface area contributed by atoms with E-state index in [2.05, 4.69) is 60.4 Å². The van der Waals surface area contributed by atoms with E-state index in [0.717, 1.165) is 61.8 Å². The molecule has 2 aromatic carbocycles. The maximum atomic E-state index is 12.5. The van der Waals surface area contributed by atoms with Crippen LogP contribution in [0.15, 0.2) is 54.2 Å². The molecule has 0 saturated carbocycles. The highest BCUT2D eigenvalue weighted by Gasteiger charge is 2.37. The van der Waals surface area contributed by atoms with Gasteiger partial charge in [-0.2, -0.15) is 0 Å². The number of aryl methyl sites for hydroxylation is 1. The van der Waals surface area contributed by atoms with Crippen LogP contribution in [0.3, 0.4) is 0 Å². The van der Waals surface area contributed by atoms with Gasteiger partial charge in [0.1, 0.15) is 11.5 Å². The fourth-order valence-corrected chi connectivity index (χ4v) is 5.96. The molecule has 0 radical (unpaired) electrons. The predicted octanol–water partition coefficient (Wildman–Crippen LogP) is 6.75. The first-order chi connectivity index (χ1) is 21.6. The summed E-state index contributed by atoms with van der Waals surface area (Å²) in [7, 11) is 4.06. The Morgan fingerprint density at radius 1 is 1.13 bits per heavy atom. The molecule has 2 atom stereocenters. The van der Waals surface area contributed by atoms with Crippen LogP contribution in [0.1, 0.15) is 63.6 Å². The third kappa shape index (κ3) is 9.34. The van der Waals surface area contributed by atoms with Gasteiger partial charge in [-0.25, -0.2) is 9.59 Å². The molecule has 45 heavy (non-hydrogen) atoms. The van der Waals surface area contributed by atoms with Gasteiger partial charge in [0.05, 0.1) is 6.61 Å². The summed E-state index contributed by atoms with van der Waals surface area (Å²) in [5.41, 5.74) is 5.87. The molecule has 1 heterocycles. The monoisotopic (exact) mass is 618 g/mol. The summed E-state index contributed by atoms with van der Waals surface area (Å²) in [6.07, 6.45) is 7.28. The first-order valence-electron chi connectivity index (χ1n) is 16.1. The lowest BCUT2D eigenvalue weighted by molar-refractivity contribution is 0.0979. The third-order valence-electron chi connectivity index (χ3n) is 8.90. The van der Waals surface area contributed by atoms with Crippen molar-refractivity contribution in [1.82, 2.24) is 20.5 Å². The molecular weight excluding hydrogens is 568 g/mol. The number of carbonyl (C=O) groups is 2. The van der Waals surface area contributed by atoms with Crippen molar-refractivity contribution in [1.29, 1.82) is 0 Å². The SMILES string of the molecule is CC(C)=CCNCC[C@@]1(C)c2cc(OC(=O)OCCCNC(=O)Oc3cccc4[nH]cc(CCN(C)C)c34)ccc2CCC1C. The van der Waals surface area contributed by atoms with Crippen LogP contribution in [-0.4, -0.2) is 69.0 Å². The lowest BCUT2D eigenvalue weighted by Gasteiger charge is -2.42. The quantitative estimate of drug-likeness (QED) is 0.0794. The first kappa shape index (κ1) is 34.1. The van der Waals surface area contributed by atoms with Crippen LogP contribution in [0.2, 0.25) is 0 Å². The third-order valence-corrected chi connectivity index (χ3v) is 8.90. The number of nitrogens with one attached hydrogen (secondary N) is 3. The Balaban J connectivity index is 1.23. The van der Waals surface area contributed by atoms with Crippen LogP contribution < -0.4 is 20.1 Å². The van der Waals surface area contributed by atoms with Gasteiger partial charge in [0.2, 0.25) is 0 Å². The van der Waals surface area contributed by atoms with Gasteiger partial charge in [0.15, 0.2) is 0 Å². The fraction of sp³-hybridized carbons (Fsp3) is 0.500. The number of H-pyrrole nitrogens is 1. The van der Waals surface area contributed by atoms with Crippen LogP contribution >= 0.6 is 0 Å². The van der Waals surface area contributed by atoms with Crippen molar-refractivity contribution in [2.24, 2.45) is 5.92 Å². The molecule has 0 spiro atoms. The summed E-state index contributed by atoms with van der Waals surface area (Å²) in [6.45, 7) is 11.9. The second kappa shape index (κ2) is 16.0. The summed E-state index contributed by atoms with van der Waals surface area (Å²) >= 11 is 0. The van der Waals surface area contributed by atoms with E-state index in [0.29, 0.717) is 30.4 Å². The van der Waals surface area contributed by atoms with Crippen molar-refractivity contribution in [2.45, 2.75) is 65.2 Å². The van der Waals surface area contributed by atoms with E-state index in [1.54, 1.807) is 6.07 Å². The molecule has 3 aromatic rings. The molecule has 0 bridgehead atoms. The van der Waals surface area contributed by atoms with Gasteiger partial charge in [0, 0.05) is 36.7 Å². The standard InChI is InChI=1S/C36H50N4O5/c1-25(2)15-19-37-20-17-36(4)26(3)11-12-27-13-14-29(23-30(27)36)44-35(42)43-22-8-18-38-34(41)45-32-10-7-9-31-33(32)28(24-39-31)16-21-40(5)6/h7,9-10,13-15,23-24,26,37,39H,8,11-12,16-22H2,1-6H3,(H,38,41)/t26?,36-/m1/s1. The zero-order chi connectivity index (χ0) is 32.4. The number of nitrogens with zero attached hydrogens (tertiary/aromatic N) is 1. The molecule has 244 valence electrons. The van der Waals surface area contributed by atoms with E-state index in [-0.39, 0.29) is 12.0 Å². The minimum atomic E-state index is -0.754. The van der Waals surface area contributed by atoms with Gasteiger partial charge < -0.3 is 34.7 Å². The number of aromatic amines is 1. The number of benzene rings is 2. The Morgan fingerprint density at radius 3 is 2.73 bits per heavy atom. The van der Waals surface area contributed by atoms with Crippen LogP contribution in [0, 0.1) is 5.92 Å². The summed E-state index contributed by atoms with van der Waals surface area (Å²) in [5.74, 6) is 1.51. The van der Waals surface area contributed by atoms with E-state index < -0.39 is 12.2 Å². The average molecular weight is 619 g/mol. The second-order valence-electron chi connectivity index (χ2n) is 12.8. The Kier molecular flexibility index (Phi) is 12.1. The molecule has 9 nitrogen and oxygen atoms in total. The molecule has 1 amide bonds. The van der Waals surface area contributed by atoms with Crippen molar-refractivity contribution in [3.63, 3.8) is 0 Å².